The van der Waals surface area contributed by atoms with E-state index in [2.05, 4.69) is 47.6 Å². The summed E-state index contributed by atoms with van der Waals surface area (Å²) in [5.41, 5.74) is 2.35. The van der Waals surface area contributed by atoms with Gasteiger partial charge in [0, 0.05) is 13.6 Å². The van der Waals surface area contributed by atoms with Gasteiger partial charge in [-0.1, -0.05) is 23.8 Å². The van der Waals surface area contributed by atoms with Crippen molar-refractivity contribution in [1.29, 1.82) is 0 Å². The smallest absolute Gasteiger partial charge is 0.191 e. The molecule has 0 amide bonds. The van der Waals surface area contributed by atoms with Gasteiger partial charge in [-0.15, -0.1) is 24.0 Å². The lowest BCUT2D eigenvalue weighted by atomic mass is 10.1. The molecule has 2 aromatic carbocycles. The van der Waals surface area contributed by atoms with Gasteiger partial charge in [-0.25, -0.2) is 0 Å². The minimum Gasteiger partial charge on any atom is -0.493 e. The van der Waals surface area contributed by atoms with Gasteiger partial charge in [0.1, 0.15) is 12.4 Å². The Balaban J connectivity index is 0.00000480. The minimum atomic E-state index is 0. The molecule has 2 rings (SSSR count). The Labute approximate surface area is 203 Å². The van der Waals surface area contributed by atoms with Gasteiger partial charge in [0.2, 0.25) is 0 Å². The number of likely N-dealkylation sites (N-methyl/N-ethyl adjacent to an activating group) is 1. The second-order valence-corrected chi connectivity index (χ2v) is 7.14. The van der Waals surface area contributed by atoms with Crippen LogP contribution in [0.5, 0.6) is 17.2 Å². The molecule has 0 saturated carbocycles. The number of hydrogen-bond donors (Lipinski definition) is 2. The lowest BCUT2D eigenvalue weighted by molar-refractivity contribution is 0.295. The molecule has 0 fully saturated rings. The molecule has 1 unspecified atom stereocenters. The van der Waals surface area contributed by atoms with Crippen LogP contribution in [-0.2, 0) is 0 Å². The van der Waals surface area contributed by atoms with Crippen molar-refractivity contribution in [2.45, 2.75) is 13.0 Å². The molecule has 172 valence electrons. The molecular formula is C23H35IN4O3. The first-order chi connectivity index (χ1) is 14.5. The fourth-order valence-corrected chi connectivity index (χ4v) is 3.05. The molecule has 0 bridgehead atoms. The Kier molecular flexibility index (Phi) is 12.1. The van der Waals surface area contributed by atoms with Crippen LogP contribution in [0, 0.1) is 6.92 Å². The third kappa shape index (κ3) is 8.45. The first kappa shape index (κ1) is 26.8. The number of benzene rings is 2. The standard InChI is InChI=1S/C23H34N4O3.HI/c1-17-7-10-19(11-8-17)30-14-13-25-23(24-2)26-16-20(27(3)4)18-9-12-21(28-5)22(15-18)29-6;/h7-12,15,20H,13-14,16H2,1-6H3,(H2,24,25,26);1H. The van der Waals surface area contributed by atoms with E-state index in [1.165, 1.54) is 5.56 Å². The SMILES string of the molecule is CN=C(NCCOc1ccc(C)cc1)NCC(c1ccc(OC)c(OC)c1)N(C)C.I. The van der Waals surface area contributed by atoms with Gasteiger partial charge < -0.3 is 29.7 Å². The number of guanidine groups is 1. The highest BCUT2D eigenvalue weighted by Crippen LogP contribution is 2.31. The van der Waals surface area contributed by atoms with Gasteiger partial charge in [-0.2, -0.15) is 0 Å². The van der Waals surface area contributed by atoms with E-state index in [-0.39, 0.29) is 30.0 Å². The van der Waals surface area contributed by atoms with E-state index in [9.17, 15) is 0 Å². The molecule has 0 spiro atoms. The van der Waals surface area contributed by atoms with Gasteiger partial charge in [-0.3, -0.25) is 4.99 Å². The maximum absolute atomic E-state index is 5.76. The fourth-order valence-electron chi connectivity index (χ4n) is 3.05. The lowest BCUT2D eigenvalue weighted by Gasteiger charge is -2.26. The van der Waals surface area contributed by atoms with Gasteiger partial charge in [0.05, 0.1) is 26.8 Å². The Morgan fingerprint density at radius 1 is 1.00 bits per heavy atom. The van der Waals surface area contributed by atoms with E-state index in [1.54, 1.807) is 21.3 Å². The summed E-state index contributed by atoms with van der Waals surface area (Å²) in [5.74, 6) is 3.04. The number of halogens is 1. The van der Waals surface area contributed by atoms with Crippen LogP contribution in [0.4, 0.5) is 0 Å². The topological polar surface area (TPSA) is 67.4 Å². The van der Waals surface area contributed by atoms with Gasteiger partial charge in [-0.05, 0) is 50.8 Å². The minimum absolute atomic E-state index is 0. The molecule has 0 radical (unpaired) electrons. The number of nitrogens with one attached hydrogen (secondary N) is 2. The molecule has 0 aliphatic rings. The maximum Gasteiger partial charge on any atom is 0.191 e. The van der Waals surface area contributed by atoms with Crippen LogP contribution in [0.15, 0.2) is 47.5 Å². The summed E-state index contributed by atoms with van der Waals surface area (Å²) in [6.07, 6.45) is 0. The largest absolute Gasteiger partial charge is 0.493 e. The average molecular weight is 542 g/mol. The van der Waals surface area contributed by atoms with Crippen LogP contribution in [0.2, 0.25) is 0 Å². The number of ether oxygens (including phenoxy) is 3. The van der Waals surface area contributed by atoms with Crippen LogP contribution in [-0.4, -0.2) is 65.9 Å². The summed E-state index contributed by atoms with van der Waals surface area (Å²) in [4.78, 5) is 6.46. The molecular weight excluding hydrogens is 507 g/mol. The molecule has 1 atom stereocenters. The van der Waals surface area contributed by atoms with Gasteiger partial charge in [0.25, 0.3) is 0 Å². The molecule has 0 aliphatic carbocycles. The Hall–Kier alpha value is -2.20. The zero-order chi connectivity index (χ0) is 21.9. The number of rotatable bonds is 10. The second-order valence-electron chi connectivity index (χ2n) is 7.14. The summed E-state index contributed by atoms with van der Waals surface area (Å²) in [5, 5.41) is 6.68. The molecule has 2 aromatic rings. The Morgan fingerprint density at radius 3 is 2.26 bits per heavy atom. The maximum atomic E-state index is 5.76. The van der Waals surface area contributed by atoms with Crippen molar-refractivity contribution in [1.82, 2.24) is 15.5 Å². The van der Waals surface area contributed by atoms with Gasteiger partial charge >= 0.3 is 0 Å². The van der Waals surface area contributed by atoms with E-state index in [4.69, 9.17) is 14.2 Å². The Bertz CT molecular complexity index is 813. The van der Waals surface area contributed by atoms with Crippen molar-refractivity contribution < 1.29 is 14.2 Å². The zero-order valence-corrected chi connectivity index (χ0v) is 21.6. The summed E-state index contributed by atoms with van der Waals surface area (Å²) < 4.78 is 16.5. The van der Waals surface area contributed by atoms with Crippen LogP contribution in [0.1, 0.15) is 17.2 Å². The van der Waals surface area contributed by atoms with E-state index >= 15 is 0 Å². The van der Waals surface area contributed by atoms with Crippen molar-refractivity contribution in [2.24, 2.45) is 4.99 Å². The highest BCUT2D eigenvalue weighted by molar-refractivity contribution is 14.0. The molecule has 0 saturated heterocycles. The predicted octanol–water partition coefficient (Wildman–Crippen LogP) is 3.48. The summed E-state index contributed by atoms with van der Waals surface area (Å²) in [6.45, 7) is 3.94. The van der Waals surface area contributed by atoms with Crippen molar-refractivity contribution in [3.63, 3.8) is 0 Å². The monoisotopic (exact) mass is 542 g/mol. The molecule has 0 heterocycles. The first-order valence-electron chi connectivity index (χ1n) is 10.0. The molecule has 2 N–H and O–H groups in total. The second kappa shape index (κ2) is 14.0. The number of hydrogen-bond acceptors (Lipinski definition) is 5. The average Bonchev–Trinajstić information content (AvgIpc) is 2.76. The van der Waals surface area contributed by atoms with Crippen LogP contribution in [0.3, 0.4) is 0 Å². The molecule has 0 aromatic heterocycles. The van der Waals surface area contributed by atoms with E-state index in [1.807, 2.05) is 36.4 Å². The number of nitrogens with zero attached hydrogens (tertiary/aromatic N) is 2. The van der Waals surface area contributed by atoms with E-state index in [0.717, 1.165) is 28.8 Å². The fraction of sp³-hybridized carbons (Fsp3) is 0.435. The van der Waals surface area contributed by atoms with Crippen molar-refractivity contribution >= 4 is 29.9 Å². The number of aliphatic imine (C=N–C) groups is 1. The van der Waals surface area contributed by atoms with E-state index in [0.29, 0.717) is 19.7 Å². The van der Waals surface area contributed by atoms with Crippen molar-refractivity contribution in [2.75, 3.05) is 55.1 Å². The lowest BCUT2D eigenvalue weighted by Crippen LogP contribution is -2.43. The summed E-state index contributed by atoms with van der Waals surface area (Å²) in [7, 11) is 9.15. The van der Waals surface area contributed by atoms with Crippen molar-refractivity contribution in [3.05, 3.63) is 53.6 Å². The third-order valence-corrected chi connectivity index (χ3v) is 4.79. The zero-order valence-electron chi connectivity index (χ0n) is 19.3. The Morgan fingerprint density at radius 2 is 1.68 bits per heavy atom. The number of aryl methyl sites for hydroxylation is 1. The predicted molar refractivity (Wildman–Crippen MR) is 137 cm³/mol. The molecule has 8 heteroatoms. The highest BCUT2D eigenvalue weighted by atomic mass is 127. The quantitative estimate of drug-likeness (QED) is 0.208. The molecule has 7 nitrogen and oxygen atoms in total. The normalized spacial score (nSPS) is 12.0. The number of methoxy groups -OCH3 is 2. The summed E-state index contributed by atoms with van der Waals surface area (Å²) in [6, 6.07) is 14.2. The first-order valence-corrected chi connectivity index (χ1v) is 10.0. The molecule has 0 aliphatic heterocycles. The van der Waals surface area contributed by atoms with Crippen LogP contribution >= 0.6 is 24.0 Å². The van der Waals surface area contributed by atoms with Crippen molar-refractivity contribution in [3.8, 4) is 17.2 Å². The van der Waals surface area contributed by atoms with E-state index < -0.39 is 0 Å². The third-order valence-electron chi connectivity index (χ3n) is 4.79. The highest BCUT2D eigenvalue weighted by Gasteiger charge is 2.17. The molecule has 31 heavy (non-hydrogen) atoms. The van der Waals surface area contributed by atoms with Crippen LogP contribution in [0.25, 0.3) is 0 Å². The van der Waals surface area contributed by atoms with Crippen LogP contribution < -0.4 is 24.8 Å². The van der Waals surface area contributed by atoms with Gasteiger partial charge in [0.15, 0.2) is 17.5 Å². The summed E-state index contributed by atoms with van der Waals surface area (Å²) >= 11 is 0.